The number of hydrogen-bond acceptors (Lipinski definition) is 4. The van der Waals surface area contributed by atoms with Gasteiger partial charge in [-0.15, -0.1) is 24.0 Å². The van der Waals surface area contributed by atoms with Crippen LogP contribution >= 0.6 is 35.7 Å². The molecule has 8 heteroatoms. The summed E-state index contributed by atoms with van der Waals surface area (Å²) in [5, 5.41) is 6.39. The normalized spacial score (nSPS) is 11.7. The van der Waals surface area contributed by atoms with E-state index in [9.17, 15) is 8.42 Å². The average molecular weight is 485 g/mol. The van der Waals surface area contributed by atoms with Crippen LogP contribution in [-0.4, -0.2) is 51.8 Å². The van der Waals surface area contributed by atoms with E-state index in [1.54, 1.807) is 11.8 Å². The summed E-state index contributed by atoms with van der Waals surface area (Å²) in [6.45, 7) is 4.15. The molecule has 1 aromatic rings. The van der Waals surface area contributed by atoms with Crippen LogP contribution in [0.15, 0.2) is 35.3 Å². The number of hydrogen-bond donors (Lipinski definition) is 2. The van der Waals surface area contributed by atoms with E-state index < -0.39 is 9.84 Å². The van der Waals surface area contributed by atoms with Gasteiger partial charge in [0.25, 0.3) is 0 Å². The molecule has 1 rings (SSSR count). The molecule has 0 aliphatic carbocycles. The van der Waals surface area contributed by atoms with Crippen molar-refractivity contribution in [2.75, 3.05) is 37.4 Å². The van der Waals surface area contributed by atoms with Gasteiger partial charge in [0.15, 0.2) is 15.8 Å². The zero-order chi connectivity index (χ0) is 17.0. The van der Waals surface area contributed by atoms with E-state index in [2.05, 4.69) is 21.9 Å². The van der Waals surface area contributed by atoms with Crippen LogP contribution in [0.2, 0.25) is 0 Å². The van der Waals surface area contributed by atoms with Gasteiger partial charge in [-0.1, -0.05) is 30.3 Å². The quantitative estimate of drug-likeness (QED) is 0.231. The number of halogens is 1. The molecule has 0 unspecified atom stereocenters. The summed E-state index contributed by atoms with van der Waals surface area (Å²) in [5.41, 5.74) is 0.836. The molecule has 24 heavy (non-hydrogen) atoms. The summed E-state index contributed by atoms with van der Waals surface area (Å²) in [6, 6.07) is 9.29. The zero-order valence-corrected chi connectivity index (χ0v) is 18.3. The van der Waals surface area contributed by atoms with E-state index in [0.717, 1.165) is 30.4 Å². The Morgan fingerprint density at radius 2 is 1.92 bits per heavy atom. The van der Waals surface area contributed by atoms with E-state index in [4.69, 9.17) is 0 Å². The molecule has 0 fully saturated rings. The number of nitrogens with zero attached hydrogens (tertiary/aromatic N) is 1. The molecule has 0 heterocycles. The molecule has 0 saturated carbocycles. The molecular weight excluding hydrogens is 457 g/mol. The summed E-state index contributed by atoms with van der Waals surface area (Å²) in [4.78, 5) is 4.42. The fourth-order valence-electron chi connectivity index (χ4n) is 1.99. The highest BCUT2D eigenvalue weighted by Gasteiger charge is 2.11. The highest BCUT2D eigenvalue weighted by atomic mass is 127. The highest BCUT2D eigenvalue weighted by molar-refractivity contribution is 14.0. The standard InChI is InChI=1S/C16H27N3O2S2.HI/c1-3-17-16(19-11-12-22-2)18-10-7-13-23(20,21)14-15-8-5-4-6-9-15;/h4-6,8-9H,3,7,10-14H2,1-2H3,(H2,17,18,19);1H. The predicted octanol–water partition coefficient (Wildman–Crippen LogP) is 2.53. The Bertz CT molecular complexity index is 566. The highest BCUT2D eigenvalue weighted by Crippen LogP contribution is 2.07. The molecule has 0 saturated heterocycles. The van der Waals surface area contributed by atoms with Gasteiger partial charge in [-0.25, -0.2) is 8.42 Å². The molecule has 0 radical (unpaired) electrons. The van der Waals surface area contributed by atoms with Crippen molar-refractivity contribution >= 4 is 51.5 Å². The second-order valence-electron chi connectivity index (χ2n) is 5.11. The van der Waals surface area contributed by atoms with Gasteiger partial charge >= 0.3 is 0 Å². The van der Waals surface area contributed by atoms with Crippen molar-refractivity contribution in [2.24, 2.45) is 4.99 Å². The first-order valence-electron chi connectivity index (χ1n) is 7.83. The van der Waals surface area contributed by atoms with Crippen LogP contribution < -0.4 is 10.6 Å². The van der Waals surface area contributed by atoms with Crippen molar-refractivity contribution in [1.29, 1.82) is 0 Å². The van der Waals surface area contributed by atoms with Crippen molar-refractivity contribution in [1.82, 2.24) is 10.6 Å². The summed E-state index contributed by atoms with van der Waals surface area (Å²) in [7, 11) is -3.08. The van der Waals surface area contributed by atoms with Gasteiger partial charge in [0.1, 0.15) is 0 Å². The van der Waals surface area contributed by atoms with Crippen LogP contribution in [0, 0.1) is 0 Å². The minimum Gasteiger partial charge on any atom is -0.357 e. The third-order valence-electron chi connectivity index (χ3n) is 3.06. The fourth-order valence-corrected chi connectivity index (χ4v) is 3.71. The zero-order valence-electron chi connectivity index (χ0n) is 14.3. The van der Waals surface area contributed by atoms with Gasteiger partial charge in [0.05, 0.1) is 11.5 Å². The summed E-state index contributed by atoms with van der Waals surface area (Å²) in [5.74, 6) is 2.02. The first kappa shape index (κ1) is 23.5. The maximum atomic E-state index is 12.1. The molecule has 0 aliphatic heterocycles. The largest absolute Gasteiger partial charge is 0.357 e. The SMILES string of the molecule is CCNC(=NCCCS(=O)(=O)Cc1ccccc1)NCCSC.I. The van der Waals surface area contributed by atoms with Crippen LogP contribution in [0.3, 0.4) is 0 Å². The fraction of sp³-hybridized carbons (Fsp3) is 0.562. The number of guanidine groups is 1. The number of nitrogens with one attached hydrogen (secondary N) is 2. The van der Waals surface area contributed by atoms with Crippen molar-refractivity contribution in [3.05, 3.63) is 35.9 Å². The lowest BCUT2D eigenvalue weighted by Gasteiger charge is -2.10. The van der Waals surface area contributed by atoms with E-state index in [1.807, 2.05) is 37.3 Å². The molecule has 1 aromatic carbocycles. The Morgan fingerprint density at radius 1 is 1.21 bits per heavy atom. The molecule has 0 amide bonds. The number of sulfone groups is 1. The van der Waals surface area contributed by atoms with E-state index in [1.165, 1.54) is 0 Å². The predicted molar refractivity (Wildman–Crippen MR) is 116 cm³/mol. The van der Waals surface area contributed by atoms with Crippen molar-refractivity contribution in [3.8, 4) is 0 Å². The van der Waals surface area contributed by atoms with Gasteiger partial charge in [-0.05, 0) is 25.2 Å². The van der Waals surface area contributed by atoms with Crippen LogP contribution in [0.1, 0.15) is 18.9 Å². The number of benzene rings is 1. The summed E-state index contributed by atoms with van der Waals surface area (Å²) in [6.07, 6.45) is 2.59. The third kappa shape index (κ3) is 11.1. The van der Waals surface area contributed by atoms with Crippen LogP contribution in [0.25, 0.3) is 0 Å². The molecule has 5 nitrogen and oxygen atoms in total. The minimum absolute atomic E-state index is 0. The Morgan fingerprint density at radius 3 is 2.54 bits per heavy atom. The maximum Gasteiger partial charge on any atom is 0.191 e. The van der Waals surface area contributed by atoms with Crippen LogP contribution in [0.4, 0.5) is 0 Å². The third-order valence-corrected chi connectivity index (χ3v) is 5.35. The van der Waals surface area contributed by atoms with Crippen molar-refractivity contribution < 1.29 is 8.42 Å². The maximum absolute atomic E-state index is 12.1. The second-order valence-corrected chi connectivity index (χ2v) is 8.28. The molecule has 0 spiro atoms. The number of aliphatic imine (C=N–C) groups is 1. The van der Waals surface area contributed by atoms with E-state index in [-0.39, 0.29) is 35.5 Å². The average Bonchev–Trinajstić information content (AvgIpc) is 2.52. The molecule has 0 aromatic heterocycles. The Hall–Kier alpha value is -0.480. The lowest BCUT2D eigenvalue weighted by Crippen LogP contribution is -2.38. The second kappa shape index (κ2) is 13.8. The Balaban J connectivity index is 0.00000529. The number of rotatable bonds is 10. The van der Waals surface area contributed by atoms with Gasteiger partial charge in [-0.2, -0.15) is 11.8 Å². The lowest BCUT2D eigenvalue weighted by atomic mass is 10.2. The lowest BCUT2D eigenvalue weighted by molar-refractivity contribution is 0.592. The molecular formula is C16H28IN3O2S2. The smallest absolute Gasteiger partial charge is 0.191 e. The molecule has 138 valence electrons. The number of thioether (sulfide) groups is 1. The first-order chi connectivity index (χ1) is 11.1. The Labute approximate surface area is 167 Å². The first-order valence-corrected chi connectivity index (χ1v) is 11.0. The van der Waals surface area contributed by atoms with Gasteiger partial charge < -0.3 is 10.6 Å². The van der Waals surface area contributed by atoms with Gasteiger partial charge in [0.2, 0.25) is 0 Å². The van der Waals surface area contributed by atoms with Crippen molar-refractivity contribution in [3.63, 3.8) is 0 Å². The Kier molecular flexibility index (Phi) is 13.5. The molecule has 0 atom stereocenters. The van der Waals surface area contributed by atoms with E-state index >= 15 is 0 Å². The molecule has 0 aliphatic rings. The molecule has 0 bridgehead atoms. The van der Waals surface area contributed by atoms with Crippen LogP contribution in [-0.2, 0) is 15.6 Å². The summed E-state index contributed by atoms with van der Waals surface area (Å²) >= 11 is 1.77. The summed E-state index contributed by atoms with van der Waals surface area (Å²) < 4.78 is 24.2. The topological polar surface area (TPSA) is 70.6 Å². The van der Waals surface area contributed by atoms with E-state index in [0.29, 0.717) is 13.0 Å². The van der Waals surface area contributed by atoms with Gasteiger partial charge in [-0.3, -0.25) is 4.99 Å². The molecule has 2 N–H and O–H groups in total. The monoisotopic (exact) mass is 485 g/mol. The van der Waals surface area contributed by atoms with Crippen molar-refractivity contribution in [2.45, 2.75) is 19.1 Å². The van der Waals surface area contributed by atoms with Gasteiger partial charge in [0, 0.05) is 25.4 Å². The van der Waals surface area contributed by atoms with Crippen LogP contribution in [0.5, 0.6) is 0 Å². The minimum atomic E-state index is -3.08.